The molecule has 0 aliphatic carbocycles. The zero-order valence-corrected chi connectivity index (χ0v) is 20.3. The van der Waals surface area contributed by atoms with Gasteiger partial charge in [0.25, 0.3) is 17.3 Å². The van der Waals surface area contributed by atoms with Gasteiger partial charge in [-0.3, -0.25) is 34.6 Å². The third-order valence-corrected chi connectivity index (χ3v) is 6.48. The predicted octanol–water partition coefficient (Wildman–Crippen LogP) is 4.57. The van der Waals surface area contributed by atoms with E-state index in [0.29, 0.717) is 11.5 Å². The molecule has 1 amide bonds. The number of rotatable bonds is 8. The Morgan fingerprint density at radius 1 is 0.825 bits per heavy atom. The molecule has 1 heterocycles. The summed E-state index contributed by atoms with van der Waals surface area (Å²) in [5.41, 5.74) is -1.49. The summed E-state index contributed by atoms with van der Waals surface area (Å²) in [4.78, 5) is 73.8. The van der Waals surface area contributed by atoms with Crippen molar-refractivity contribution in [2.24, 2.45) is 5.92 Å². The highest BCUT2D eigenvalue weighted by molar-refractivity contribution is 6.45. The zero-order chi connectivity index (χ0) is 28.6. The van der Waals surface area contributed by atoms with E-state index in [2.05, 4.69) is 5.32 Å². The average Bonchev–Trinajstić information content (AvgIpc) is 3.28. The predicted molar refractivity (Wildman–Crippen MR) is 140 cm³/mol. The number of ketones is 2. The molecule has 0 unspecified atom stereocenters. The summed E-state index contributed by atoms with van der Waals surface area (Å²) in [5.74, 6) is -6.14. The van der Waals surface area contributed by atoms with Gasteiger partial charge in [-0.15, -0.1) is 0 Å². The van der Waals surface area contributed by atoms with Gasteiger partial charge in [0.2, 0.25) is 5.78 Å². The lowest BCUT2D eigenvalue weighted by atomic mass is 9.84. The highest BCUT2D eigenvalue weighted by Gasteiger charge is 2.46. The second-order valence-electron chi connectivity index (χ2n) is 8.85. The van der Waals surface area contributed by atoms with Crippen molar-refractivity contribution < 1.29 is 33.8 Å². The highest BCUT2D eigenvalue weighted by atomic mass is 16.6. The van der Waals surface area contributed by atoms with Gasteiger partial charge in [0, 0.05) is 17.2 Å². The molecule has 40 heavy (non-hydrogen) atoms. The number of fused-ring (bicyclic) bond motifs is 2. The first-order chi connectivity index (χ1) is 19.2. The van der Waals surface area contributed by atoms with Crippen molar-refractivity contribution in [1.82, 2.24) is 0 Å². The number of non-ortho nitro benzene ring substituents is 1. The first-order valence-corrected chi connectivity index (χ1v) is 11.8. The Hall–Kier alpha value is -5.78. The minimum Gasteiger partial charge on any atom is -0.453 e. The lowest BCUT2D eigenvalue weighted by molar-refractivity contribution is -0.393. The van der Waals surface area contributed by atoms with Gasteiger partial charge in [0.05, 0.1) is 21.5 Å². The van der Waals surface area contributed by atoms with Crippen LogP contribution < -0.4 is 5.32 Å². The number of nitro benzene ring substituents is 2. The summed E-state index contributed by atoms with van der Waals surface area (Å²) in [5, 5.41) is 26.1. The number of nitrogens with zero attached hydrogens (tertiary/aromatic N) is 2. The minimum atomic E-state index is -1.83. The number of Topliss-reactive ketones (excluding diaryl/α,β-unsaturated/α-hetero) is 2. The second kappa shape index (κ2) is 10.2. The number of hydrogen-bond donors (Lipinski definition) is 1. The van der Waals surface area contributed by atoms with E-state index < -0.39 is 62.4 Å². The molecular formula is C28H17N3O9. The maximum Gasteiger partial charge on any atom is 0.339 e. The summed E-state index contributed by atoms with van der Waals surface area (Å²) in [6, 6.07) is 20.4. The molecule has 2 atom stereocenters. The molecule has 4 aromatic rings. The Morgan fingerprint density at radius 2 is 1.52 bits per heavy atom. The number of nitrogens with one attached hydrogen (secondary N) is 1. The van der Waals surface area contributed by atoms with Crippen LogP contribution in [0.3, 0.4) is 0 Å². The number of hydrogen-bond acceptors (Lipinski definition) is 9. The van der Waals surface area contributed by atoms with Gasteiger partial charge in [-0.05, 0) is 29.0 Å². The van der Waals surface area contributed by atoms with Crippen LogP contribution in [-0.4, -0.2) is 33.3 Å². The third-order valence-electron chi connectivity index (χ3n) is 6.48. The fourth-order valence-electron chi connectivity index (χ4n) is 4.55. The molecule has 0 spiro atoms. The quantitative estimate of drug-likeness (QED) is 0.0839. The van der Waals surface area contributed by atoms with Crippen LogP contribution in [0.5, 0.6) is 0 Å². The fourth-order valence-corrected chi connectivity index (χ4v) is 4.55. The molecular weight excluding hydrogens is 522 g/mol. The Labute approximate surface area is 224 Å². The first kappa shape index (κ1) is 25.9. The minimum absolute atomic E-state index is 0.0756. The van der Waals surface area contributed by atoms with Crippen molar-refractivity contribution in [3.63, 3.8) is 0 Å². The third kappa shape index (κ3) is 4.65. The van der Waals surface area contributed by atoms with Gasteiger partial charge in [0.1, 0.15) is 17.7 Å². The van der Waals surface area contributed by atoms with Crippen LogP contribution in [0.15, 0.2) is 84.9 Å². The van der Waals surface area contributed by atoms with Crippen molar-refractivity contribution in [1.29, 1.82) is 0 Å². The lowest BCUT2D eigenvalue weighted by Crippen LogP contribution is -2.38. The number of carbonyl (C=O) groups is 4. The van der Waals surface area contributed by atoms with E-state index >= 15 is 0 Å². The number of cyclic esters (lactones) is 1. The summed E-state index contributed by atoms with van der Waals surface area (Å²) >= 11 is 0. The molecule has 1 aliphatic heterocycles. The number of nitro groups is 2. The van der Waals surface area contributed by atoms with Gasteiger partial charge >= 0.3 is 5.97 Å². The highest BCUT2D eigenvalue weighted by Crippen LogP contribution is 2.39. The van der Waals surface area contributed by atoms with Crippen molar-refractivity contribution in [2.75, 3.05) is 5.32 Å². The van der Waals surface area contributed by atoms with E-state index in [9.17, 15) is 39.4 Å². The molecule has 12 heteroatoms. The fraction of sp³-hybridized carbons (Fsp3) is 0.0714. The van der Waals surface area contributed by atoms with Crippen molar-refractivity contribution in [3.05, 3.63) is 122 Å². The van der Waals surface area contributed by atoms with Crippen LogP contribution in [0, 0.1) is 26.1 Å². The number of benzene rings is 4. The van der Waals surface area contributed by atoms with Crippen molar-refractivity contribution >= 4 is 51.3 Å². The smallest absolute Gasteiger partial charge is 0.339 e. The van der Waals surface area contributed by atoms with Crippen LogP contribution >= 0.6 is 0 Å². The Bertz CT molecular complexity index is 1770. The first-order valence-electron chi connectivity index (χ1n) is 11.8. The van der Waals surface area contributed by atoms with Crippen molar-refractivity contribution in [2.45, 2.75) is 6.10 Å². The average molecular weight is 539 g/mol. The molecule has 198 valence electrons. The summed E-state index contributed by atoms with van der Waals surface area (Å²) < 4.78 is 5.41. The molecule has 12 nitrogen and oxygen atoms in total. The summed E-state index contributed by atoms with van der Waals surface area (Å²) in [7, 11) is 0. The van der Waals surface area contributed by atoms with E-state index in [1.165, 1.54) is 18.2 Å². The van der Waals surface area contributed by atoms with Gasteiger partial charge in [-0.2, -0.15) is 0 Å². The zero-order valence-electron chi connectivity index (χ0n) is 20.3. The van der Waals surface area contributed by atoms with E-state index in [1.54, 1.807) is 36.4 Å². The van der Waals surface area contributed by atoms with Crippen LogP contribution in [-0.2, 0) is 14.3 Å². The van der Waals surface area contributed by atoms with Crippen LogP contribution in [0.2, 0.25) is 0 Å². The molecule has 0 saturated heterocycles. The number of anilines is 1. The summed E-state index contributed by atoms with van der Waals surface area (Å²) in [6.07, 6.45) is -1.44. The Kier molecular flexibility index (Phi) is 6.58. The van der Waals surface area contributed by atoms with E-state index in [4.69, 9.17) is 4.74 Å². The number of esters is 1. The normalized spacial score (nSPS) is 14.6. The molecule has 0 radical (unpaired) electrons. The maximum atomic E-state index is 13.8. The molecule has 1 N–H and O–H groups in total. The summed E-state index contributed by atoms with van der Waals surface area (Å²) in [6.45, 7) is 0. The van der Waals surface area contributed by atoms with Crippen LogP contribution in [0.25, 0.3) is 10.8 Å². The van der Waals surface area contributed by atoms with Gasteiger partial charge in [-0.1, -0.05) is 54.6 Å². The monoisotopic (exact) mass is 539 g/mol. The van der Waals surface area contributed by atoms with Gasteiger partial charge in [-0.25, -0.2) is 4.79 Å². The van der Waals surface area contributed by atoms with Crippen molar-refractivity contribution in [3.8, 4) is 0 Å². The van der Waals surface area contributed by atoms with E-state index in [-0.39, 0.29) is 16.7 Å². The molecule has 1 aliphatic rings. The number of ether oxygens (including phenoxy) is 1. The molecule has 4 aromatic carbocycles. The van der Waals surface area contributed by atoms with Gasteiger partial charge < -0.3 is 10.1 Å². The van der Waals surface area contributed by atoms with Crippen LogP contribution in [0.4, 0.5) is 17.1 Å². The van der Waals surface area contributed by atoms with Crippen LogP contribution in [0.1, 0.15) is 32.4 Å². The van der Waals surface area contributed by atoms with E-state index in [1.807, 2.05) is 12.1 Å². The molecule has 0 fully saturated rings. The standard InChI is InChI=1S/C28H17N3O9/c32-24(17-10-9-15-5-1-2-6-16(15)13-17)23(26-19-7-3-4-8-20(19)28(35)40-26)25(33)27(34)29-21-12-11-18(30(36)37)14-22(21)31(38)39/h1-14,23,26H,(H,29,34)/t23-,26-/m0/s1. The number of amides is 1. The topological polar surface area (TPSA) is 176 Å². The molecule has 0 bridgehead atoms. The lowest BCUT2D eigenvalue weighted by Gasteiger charge is -2.21. The molecule has 5 rings (SSSR count). The molecule has 0 saturated carbocycles. The Balaban J connectivity index is 1.54. The van der Waals surface area contributed by atoms with Gasteiger partial charge in [0.15, 0.2) is 5.78 Å². The Morgan fingerprint density at radius 3 is 2.25 bits per heavy atom. The van der Waals surface area contributed by atoms with E-state index in [0.717, 1.165) is 17.5 Å². The SMILES string of the molecule is O=C(Nc1ccc([N+](=O)[O-])cc1[N+](=O)[O-])C(=O)[C@H](C(=O)c1ccc2ccccc2c1)[C@H]1OC(=O)c2ccccc21. The second-order valence-corrected chi connectivity index (χ2v) is 8.85. The maximum absolute atomic E-state index is 13.8. The largest absolute Gasteiger partial charge is 0.453 e. The number of carbonyl (C=O) groups excluding carboxylic acids is 4. The molecule has 0 aromatic heterocycles.